The van der Waals surface area contributed by atoms with Crippen LogP contribution in [0.3, 0.4) is 0 Å². The van der Waals surface area contributed by atoms with Gasteiger partial charge in [0.15, 0.2) is 0 Å². The molecule has 0 spiro atoms. The molecule has 1 fully saturated rings. The van der Waals surface area contributed by atoms with Crippen molar-refractivity contribution < 1.29 is 14.7 Å². The fraction of sp³-hybridized carbons (Fsp3) is 0.467. The Hall–Kier alpha value is -1.88. The second kappa shape index (κ2) is 6.52. The molecule has 108 valence electrons. The van der Waals surface area contributed by atoms with Gasteiger partial charge in [0.25, 0.3) is 0 Å². The lowest BCUT2D eigenvalue weighted by Gasteiger charge is -2.22. The molecule has 0 aromatic heterocycles. The van der Waals surface area contributed by atoms with E-state index in [0.717, 1.165) is 12.0 Å². The summed E-state index contributed by atoms with van der Waals surface area (Å²) in [6.07, 6.45) is 1.45. The Morgan fingerprint density at radius 3 is 2.75 bits per heavy atom. The van der Waals surface area contributed by atoms with E-state index in [1.54, 1.807) is 4.90 Å². The van der Waals surface area contributed by atoms with Crippen LogP contribution < -0.4 is 5.32 Å². The monoisotopic (exact) mass is 276 g/mol. The van der Waals surface area contributed by atoms with Crippen molar-refractivity contribution in [3.63, 3.8) is 0 Å². The van der Waals surface area contributed by atoms with Gasteiger partial charge >= 0.3 is 5.97 Å². The Bertz CT molecular complexity index is 475. The van der Waals surface area contributed by atoms with E-state index in [9.17, 15) is 9.59 Å². The highest BCUT2D eigenvalue weighted by molar-refractivity contribution is 5.80. The van der Waals surface area contributed by atoms with Crippen LogP contribution in [0.15, 0.2) is 30.3 Å². The number of carboxylic acids is 1. The summed E-state index contributed by atoms with van der Waals surface area (Å²) in [6, 6.07) is 9.11. The van der Waals surface area contributed by atoms with Gasteiger partial charge in [0.05, 0.1) is 12.6 Å². The summed E-state index contributed by atoms with van der Waals surface area (Å²) in [5.41, 5.74) is 1.04. The van der Waals surface area contributed by atoms with Gasteiger partial charge in [-0.3, -0.25) is 14.5 Å². The lowest BCUT2D eigenvalue weighted by Crippen LogP contribution is -2.43. The predicted octanol–water partition coefficient (Wildman–Crippen LogP) is 1.41. The van der Waals surface area contributed by atoms with Crippen LogP contribution in [0.2, 0.25) is 0 Å². The van der Waals surface area contributed by atoms with Crippen molar-refractivity contribution >= 4 is 11.9 Å². The highest BCUT2D eigenvalue weighted by Gasteiger charge is 2.31. The first kappa shape index (κ1) is 14.5. The van der Waals surface area contributed by atoms with Gasteiger partial charge in [-0.15, -0.1) is 0 Å². The number of hydrogen-bond donors (Lipinski definition) is 2. The Balaban J connectivity index is 1.88. The smallest absolute Gasteiger partial charge is 0.320 e. The highest BCUT2D eigenvalue weighted by atomic mass is 16.4. The van der Waals surface area contributed by atoms with Crippen molar-refractivity contribution in [3.05, 3.63) is 35.9 Å². The van der Waals surface area contributed by atoms with Crippen molar-refractivity contribution in [2.75, 3.05) is 13.1 Å². The number of nitrogens with one attached hydrogen (secondary N) is 1. The number of nitrogens with zero attached hydrogens (tertiary/aromatic N) is 1. The van der Waals surface area contributed by atoms with E-state index in [0.29, 0.717) is 13.0 Å². The average molecular weight is 276 g/mol. The number of carbonyl (C=O) groups is 2. The molecule has 1 aliphatic heterocycles. The van der Waals surface area contributed by atoms with Gasteiger partial charge in [0, 0.05) is 0 Å². The van der Waals surface area contributed by atoms with Crippen molar-refractivity contribution in [3.8, 4) is 0 Å². The van der Waals surface area contributed by atoms with Crippen LogP contribution in [0.1, 0.15) is 31.4 Å². The number of benzene rings is 1. The molecule has 0 saturated carbocycles. The summed E-state index contributed by atoms with van der Waals surface area (Å²) in [6.45, 7) is 2.74. The zero-order valence-electron chi connectivity index (χ0n) is 11.6. The van der Waals surface area contributed by atoms with Crippen molar-refractivity contribution in [2.45, 2.75) is 31.8 Å². The van der Waals surface area contributed by atoms with E-state index in [1.165, 1.54) is 0 Å². The Morgan fingerprint density at radius 2 is 2.10 bits per heavy atom. The molecule has 2 atom stereocenters. The molecule has 0 radical (unpaired) electrons. The van der Waals surface area contributed by atoms with E-state index in [-0.39, 0.29) is 18.5 Å². The maximum Gasteiger partial charge on any atom is 0.320 e. The largest absolute Gasteiger partial charge is 0.480 e. The van der Waals surface area contributed by atoms with Gasteiger partial charge in [-0.2, -0.15) is 0 Å². The maximum atomic E-state index is 12.0. The molecular weight excluding hydrogens is 256 g/mol. The lowest BCUT2D eigenvalue weighted by molar-refractivity contribution is -0.142. The number of amides is 1. The number of hydrogen-bond acceptors (Lipinski definition) is 3. The molecule has 0 aliphatic carbocycles. The van der Waals surface area contributed by atoms with Crippen LogP contribution in [-0.4, -0.2) is 41.0 Å². The van der Waals surface area contributed by atoms with Gasteiger partial charge < -0.3 is 10.4 Å². The Morgan fingerprint density at radius 1 is 1.40 bits per heavy atom. The molecule has 5 heteroatoms. The first-order valence-electron chi connectivity index (χ1n) is 6.89. The van der Waals surface area contributed by atoms with Crippen LogP contribution in [0.25, 0.3) is 0 Å². The Kier molecular flexibility index (Phi) is 4.74. The molecule has 0 bridgehead atoms. The van der Waals surface area contributed by atoms with Crippen molar-refractivity contribution in [1.82, 2.24) is 10.2 Å². The number of carbonyl (C=O) groups excluding carboxylic acids is 1. The van der Waals surface area contributed by atoms with Crippen LogP contribution in [0.4, 0.5) is 0 Å². The quantitative estimate of drug-likeness (QED) is 0.853. The van der Waals surface area contributed by atoms with Crippen LogP contribution >= 0.6 is 0 Å². The van der Waals surface area contributed by atoms with Gasteiger partial charge in [-0.05, 0) is 31.9 Å². The predicted molar refractivity (Wildman–Crippen MR) is 75.2 cm³/mol. The molecule has 5 nitrogen and oxygen atoms in total. The summed E-state index contributed by atoms with van der Waals surface area (Å²) in [7, 11) is 0. The SMILES string of the molecule is CC(NC(=O)CN1CCCC1C(=O)O)c1ccccc1. The summed E-state index contributed by atoms with van der Waals surface area (Å²) in [5.74, 6) is -0.971. The normalized spacial score (nSPS) is 20.6. The van der Waals surface area contributed by atoms with Gasteiger partial charge in [-0.25, -0.2) is 0 Å². The molecule has 1 amide bonds. The summed E-state index contributed by atoms with van der Waals surface area (Å²) in [5, 5.41) is 12.0. The van der Waals surface area contributed by atoms with Crippen molar-refractivity contribution in [2.24, 2.45) is 0 Å². The number of likely N-dealkylation sites (tertiary alicyclic amines) is 1. The van der Waals surface area contributed by atoms with E-state index >= 15 is 0 Å². The van der Waals surface area contributed by atoms with E-state index in [1.807, 2.05) is 37.3 Å². The molecule has 1 heterocycles. The van der Waals surface area contributed by atoms with E-state index in [4.69, 9.17) is 5.11 Å². The fourth-order valence-electron chi connectivity index (χ4n) is 2.59. The van der Waals surface area contributed by atoms with Crippen LogP contribution in [0.5, 0.6) is 0 Å². The number of carboxylic acid groups (broad SMARTS) is 1. The number of aliphatic carboxylic acids is 1. The fourth-order valence-corrected chi connectivity index (χ4v) is 2.59. The topological polar surface area (TPSA) is 69.6 Å². The van der Waals surface area contributed by atoms with Crippen LogP contribution in [0, 0.1) is 0 Å². The third kappa shape index (κ3) is 3.57. The molecular formula is C15H20N2O3. The van der Waals surface area contributed by atoms with Crippen molar-refractivity contribution in [1.29, 1.82) is 0 Å². The molecule has 2 unspecified atom stereocenters. The zero-order chi connectivity index (χ0) is 14.5. The summed E-state index contributed by atoms with van der Waals surface area (Å²) in [4.78, 5) is 24.8. The second-order valence-electron chi connectivity index (χ2n) is 5.17. The zero-order valence-corrected chi connectivity index (χ0v) is 11.6. The first-order valence-corrected chi connectivity index (χ1v) is 6.89. The average Bonchev–Trinajstić information content (AvgIpc) is 2.87. The van der Waals surface area contributed by atoms with Gasteiger partial charge in [0.1, 0.15) is 6.04 Å². The first-order chi connectivity index (χ1) is 9.58. The third-order valence-electron chi connectivity index (χ3n) is 3.67. The molecule has 1 aliphatic rings. The molecule has 1 saturated heterocycles. The molecule has 2 N–H and O–H groups in total. The van der Waals surface area contributed by atoms with E-state index < -0.39 is 12.0 Å². The minimum absolute atomic E-state index is 0.0745. The summed E-state index contributed by atoms with van der Waals surface area (Å²) < 4.78 is 0. The molecule has 1 aromatic rings. The minimum atomic E-state index is -0.841. The second-order valence-corrected chi connectivity index (χ2v) is 5.17. The van der Waals surface area contributed by atoms with Crippen LogP contribution in [-0.2, 0) is 9.59 Å². The third-order valence-corrected chi connectivity index (χ3v) is 3.67. The molecule has 20 heavy (non-hydrogen) atoms. The molecule has 1 aromatic carbocycles. The van der Waals surface area contributed by atoms with Gasteiger partial charge in [0.2, 0.25) is 5.91 Å². The van der Waals surface area contributed by atoms with E-state index in [2.05, 4.69) is 5.32 Å². The maximum absolute atomic E-state index is 12.0. The van der Waals surface area contributed by atoms with Gasteiger partial charge in [-0.1, -0.05) is 30.3 Å². The highest BCUT2D eigenvalue weighted by Crippen LogP contribution is 2.17. The molecule has 2 rings (SSSR count). The standard InChI is InChI=1S/C15H20N2O3/c1-11(12-6-3-2-4-7-12)16-14(18)10-17-9-5-8-13(17)15(19)20/h2-4,6-7,11,13H,5,8-10H2,1H3,(H,16,18)(H,19,20). The Labute approximate surface area is 118 Å². The summed E-state index contributed by atoms with van der Waals surface area (Å²) >= 11 is 0. The minimum Gasteiger partial charge on any atom is -0.480 e. The number of rotatable bonds is 5. The lowest BCUT2D eigenvalue weighted by atomic mass is 10.1.